The number of hydrogen-bond acceptors (Lipinski definition) is 7. The average molecular weight is 446 g/mol. The summed E-state index contributed by atoms with van der Waals surface area (Å²) in [6.07, 6.45) is 1.27. The van der Waals surface area contributed by atoms with Crippen molar-refractivity contribution in [2.45, 2.75) is 57.3 Å². The minimum Gasteiger partial charge on any atom is -0.457 e. The largest absolute Gasteiger partial charge is 0.457 e. The zero-order valence-corrected chi connectivity index (χ0v) is 20.1. The number of fused-ring (bicyclic) bond motifs is 1. The lowest BCUT2D eigenvalue weighted by Gasteiger charge is -2.48. The number of amides is 1. The summed E-state index contributed by atoms with van der Waals surface area (Å²) in [6, 6.07) is 0. The summed E-state index contributed by atoms with van der Waals surface area (Å²) in [5, 5.41) is 9.04. The molecule has 0 radical (unpaired) electrons. The van der Waals surface area contributed by atoms with Crippen LogP contribution in [0, 0.1) is 5.92 Å². The van der Waals surface area contributed by atoms with Crippen molar-refractivity contribution in [3.8, 4) is 0 Å². The van der Waals surface area contributed by atoms with Crippen molar-refractivity contribution in [1.29, 1.82) is 0 Å². The van der Waals surface area contributed by atoms with E-state index in [0.717, 1.165) is 4.24 Å². The van der Waals surface area contributed by atoms with E-state index in [9.17, 15) is 9.59 Å². The number of aliphatic hydroxyl groups excluding tert-OH is 1. The number of rotatable bonds is 9. The molecule has 0 spiro atoms. The van der Waals surface area contributed by atoms with Crippen molar-refractivity contribution in [1.82, 2.24) is 4.90 Å². The first-order valence-electron chi connectivity index (χ1n) is 9.39. The first kappa shape index (κ1) is 23.5. The molecule has 0 saturated carbocycles. The molecule has 1 saturated heterocycles. The Balaban J connectivity index is 2.18. The number of hydrogen-bond donors (Lipinski definition) is 1. The van der Waals surface area contributed by atoms with Crippen molar-refractivity contribution in [2.24, 2.45) is 5.92 Å². The van der Waals surface area contributed by atoms with Crippen molar-refractivity contribution >= 4 is 43.7 Å². The van der Waals surface area contributed by atoms with Crippen molar-refractivity contribution in [3.63, 3.8) is 0 Å². The summed E-state index contributed by atoms with van der Waals surface area (Å²) >= 11 is 2.86. The second kappa shape index (κ2) is 8.95. The molecule has 0 aromatic heterocycles. The molecule has 6 nitrogen and oxygen atoms in total. The van der Waals surface area contributed by atoms with E-state index in [4.69, 9.17) is 14.3 Å². The molecule has 0 aromatic carbocycles. The van der Waals surface area contributed by atoms with Crippen LogP contribution in [0.25, 0.3) is 0 Å². The zero-order chi connectivity index (χ0) is 21.3. The number of ether oxygens (including phenoxy) is 1. The van der Waals surface area contributed by atoms with E-state index in [1.807, 2.05) is 6.92 Å². The Hall–Kier alpha value is -0.743. The zero-order valence-electron chi connectivity index (χ0n) is 17.5. The van der Waals surface area contributed by atoms with Crippen LogP contribution in [0.4, 0.5) is 0 Å². The smallest absolute Gasteiger partial charge is 0.357 e. The molecule has 1 N–H and O–H groups in total. The molecule has 28 heavy (non-hydrogen) atoms. The number of esters is 1. The highest BCUT2D eigenvalue weighted by atomic mass is 32.2. The van der Waals surface area contributed by atoms with E-state index in [1.165, 1.54) is 34.5 Å². The lowest BCUT2D eigenvalue weighted by atomic mass is 9.92. The molecule has 0 aliphatic carbocycles. The minimum absolute atomic E-state index is 0.00333. The molecular formula is C19H31NO5S2Si. The highest BCUT2D eigenvalue weighted by Crippen LogP contribution is 2.54. The van der Waals surface area contributed by atoms with Crippen molar-refractivity contribution in [2.75, 3.05) is 19.0 Å². The fraction of sp³-hybridized carbons (Fsp3) is 0.684. The van der Waals surface area contributed by atoms with Crippen LogP contribution in [0.3, 0.4) is 0 Å². The molecular weight excluding hydrogens is 414 g/mol. The van der Waals surface area contributed by atoms with Crippen LogP contribution in [-0.2, 0) is 18.8 Å². The summed E-state index contributed by atoms with van der Waals surface area (Å²) in [5.74, 6) is -0.474. The maximum atomic E-state index is 13.0. The summed E-state index contributed by atoms with van der Waals surface area (Å²) < 4.78 is 12.4. The molecule has 2 heterocycles. The van der Waals surface area contributed by atoms with Gasteiger partial charge in [-0.1, -0.05) is 45.2 Å². The quantitative estimate of drug-likeness (QED) is 0.252. The van der Waals surface area contributed by atoms with Gasteiger partial charge in [0.05, 0.1) is 22.9 Å². The highest BCUT2D eigenvalue weighted by Gasteiger charge is 2.59. The topological polar surface area (TPSA) is 76.1 Å². The number of aliphatic hydroxyl groups is 1. The third kappa shape index (κ3) is 4.53. The summed E-state index contributed by atoms with van der Waals surface area (Å²) in [4.78, 5) is 27.0. The lowest BCUT2D eigenvalue weighted by molar-refractivity contribution is -0.157. The first-order chi connectivity index (χ1) is 13.0. The van der Waals surface area contributed by atoms with E-state index in [2.05, 4.69) is 40.4 Å². The van der Waals surface area contributed by atoms with Crippen LogP contribution in [0.1, 0.15) is 27.7 Å². The van der Waals surface area contributed by atoms with Crippen LogP contribution < -0.4 is 0 Å². The molecule has 0 bridgehead atoms. The van der Waals surface area contributed by atoms with Gasteiger partial charge in [0, 0.05) is 5.75 Å². The van der Waals surface area contributed by atoms with Crippen molar-refractivity contribution in [3.05, 3.63) is 22.6 Å². The van der Waals surface area contributed by atoms with Gasteiger partial charge in [0.1, 0.15) is 12.0 Å². The van der Waals surface area contributed by atoms with Crippen LogP contribution >= 0.6 is 23.5 Å². The average Bonchev–Trinajstić information content (AvgIpc) is 2.90. The maximum Gasteiger partial charge on any atom is 0.357 e. The molecule has 158 valence electrons. The van der Waals surface area contributed by atoms with E-state index in [1.54, 1.807) is 0 Å². The Morgan fingerprint density at radius 1 is 1.46 bits per heavy atom. The molecule has 1 fully saturated rings. The van der Waals surface area contributed by atoms with Gasteiger partial charge in [-0.2, -0.15) is 0 Å². The second-order valence-electron chi connectivity index (χ2n) is 8.42. The van der Waals surface area contributed by atoms with Gasteiger partial charge in [0.25, 0.3) is 0 Å². The van der Waals surface area contributed by atoms with Gasteiger partial charge in [-0.05, 0) is 25.1 Å². The fourth-order valence-electron chi connectivity index (χ4n) is 2.89. The third-order valence-corrected chi connectivity index (χ3v) is 12.6. The number of thioether (sulfide) groups is 2. The van der Waals surface area contributed by atoms with E-state index < -0.39 is 14.3 Å². The first-order valence-corrected chi connectivity index (χ1v) is 14.2. The standard InChI is InChI=1S/C19H31NO5S2Si/c1-8-10-24-17(23)14-18(26-11-9-21)27-16-13(15(22)20(14)16)12(2)25-28(6,7)19(3,4)5/h8,12-13,16,21H,1,9-11H2,2-7H3/t12-,13?,16?/m1/s1. The lowest BCUT2D eigenvalue weighted by Crippen LogP contribution is -2.62. The van der Waals surface area contributed by atoms with E-state index in [0.29, 0.717) is 5.75 Å². The van der Waals surface area contributed by atoms with Gasteiger partial charge in [-0.15, -0.1) is 11.8 Å². The predicted octanol–water partition coefficient (Wildman–Crippen LogP) is 3.55. The third-order valence-electron chi connectivity index (χ3n) is 5.39. The van der Waals surface area contributed by atoms with Gasteiger partial charge >= 0.3 is 5.97 Å². The normalized spacial score (nSPS) is 23.4. The van der Waals surface area contributed by atoms with Crippen LogP contribution in [0.15, 0.2) is 22.6 Å². The molecule has 3 atom stereocenters. The minimum atomic E-state index is -2.02. The Kier molecular flexibility index (Phi) is 7.52. The van der Waals surface area contributed by atoms with Crippen LogP contribution in [-0.4, -0.2) is 60.6 Å². The number of β-lactam (4-membered cyclic amide) rings is 1. The molecule has 2 aliphatic rings. The highest BCUT2D eigenvalue weighted by molar-refractivity contribution is 8.22. The summed E-state index contributed by atoms with van der Waals surface area (Å²) in [6.45, 7) is 16.4. The van der Waals surface area contributed by atoms with Gasteiger partial charge in [-0.25, -0.2) is 4.79 Å². The Morgan fingerprint density at radius 2 is 2.11 bits per heavy atom. The van der Waals surface area contributed by atoms with Crippen LogP contribution in [0.5, 0.6) is 0 Å². The molecule has 2 unspecified atom stereocenters. The monoisotopic (exact) mass is 445 g/mol. The van der Waals surface area contributed by atoms with Gasteiger partial charge in [-0.3, -0.25) is 9.69 Å². The molecule has 9 heteroatoms. The molecule has 2 aliphatic heterocycles. The number of nitrogens with zero attached hydrogens (tertiary/aromatic N) is 1. The Morgan fingerprint density at radius 3 is 2.64 bits per heavy atom. The molecule has 1 amide bonds. The second-order valence-corrected chi connectivity index (χ2v) is 15.7. The number of carbonyl (C=O) groups is 2. The van der Waals surface area contributed by atoms with E-state index >= 15 is 0 Å². The summed E-state index contributed by atoms with van der Waals surface area (Å²) in [5.41, 5.74) is 0.288. The van der Waals surface area contributed by atoms with E-state index in [-0.39, 0.29) is 47.3 Å². The Labute approximate surface area is 177 Å². The number of carbonyl (C=O) groups excluding carboxylic acids is 2. The maximum absolute atomic E-state index is 13.0. The van der Waals surface area contributed by atoms with Crippen molar-refractivity contribution < 1.29 is 23.9 Å². The SMILES string of the molecule is C=CCOC(=O)C1=C(SCCO)SC2C([C@@H](C)O[Si](C)(C)C(C)(C)C)C(=O)N12. The molecule has 0 aromatic rings. The molecule has 2 rings (SSSR count). The summed E-state index contributed by atoms with van der Waals surface area (Å²) in [7, 11) is -2.02. The van der Waals surface area contributed by atoms with Crippen LogP contribution in [0.2, 0.25) is 18.1 Å². The Bertz CT molecular complexity index is 674. The fourth-order valence-corrected chi connectivity index (χ4v) is 7.04. The predicted molar refractivity (Wildman–Crippen MR) is 117 cm³/mol. The van der Waals surface area contributed by atoms with Gasteiger partial charge in [0.15, 0.2) is 14.0 Å². The van der Waals surface area contributed by atoms with Gasteiger partial charge < -0.3 is 14.3 Å². The van der Waals surface area contributed by atoms with Gasteiger partial charge in [0.2, 0.25) is 5.91 Å².